The van der Waals surface area contributed by atoms with Gasteiger partial charge in [-0.3, -0.25) is 25.0 Å². The third-order valence-corrected chi connectivity index (χ3v) is 5.30. The number of nitrogens with zero attached hydrogens (tertiary/aromatic N) is 2. The average molecular weight is 605 g/mol. The summed E-state index contributed by atoms with van der Waals surface area (Å²) in [6.45, 7) is 0. The number of hydrogen-bond donors (Lipinski definition) is 3. The fourth-order valence-electron chi connectivity index (χ4n) is 3.00. The van der Waals surface area contributed by atoms with Crippen LogP contribution in [0.2, 0.25) is 5.02 Å². The number of rotatable bonds is 7. The number of furan rings is 1. The van der Waals surface area contributed by atoms with E-state index in [1.807, 2.05) is 0 Å². The van der Waals surface area contributed by atoms with E-state index in [2.05, 4.69) is 9.73 Å². The van der Waals surface area contributed by atoms with Crippen LogP contribution in [-0.4, -0.2) is 41.0 Å². The van der Waals surface area contributed by atoms with E-state index >= 15 is 0 Å². The summed E-state index contributed by atoms with van der Waals surface area (Å²) in [6, 6.07) is 14.6. The molecule has 0 aliphatic carbocycles. The lowest BCUT2D eigenvalue weighted by molar-refractivity contribution is -0.385. The van der Waals surface area contributed by atoms with Crippen LogP contribution in [0.25, 0.3) is 0 Å². The van der Waals surface area contributed by atoms with Gasteiger partial charge in [-0.1, -0.05) is 23.7 Å². The quantitative estimate of drug-likeness (QED) is 0.130. The van der Waals surface area contributed by atoms with Crippen LogP contribution < -0.4 is 20.5 Å². The van der Waals surface area contributed by atoms with E-state index < -0.39 is 27.5 Å². The van der Waals surface area contributed by atoms with Crippen molar-refractivity contribution in [2.75, 3.05) is 25.3 Å². The Balaban J connectivity index is 0.000000242. The lowest BCUT2D eigenvalue weighted by Gasteiger charge is -2.07. The largest absolute Gasteiger partial charge is 0.494 e. The molecule has 0 aliphatic heterocycles. The van der Waals surface area contributed by atoms with Gasteiger partial charge in [-0.15, -0.1) is 0 Å². The van der Waals surface area contributed by atoms with E-state index in [0.29, 0.717) is 5.69 Å². The maximum absolute atomic E-state index is 13.4. The molecular weight excluding hydrogens is 583 g/mol. The highest BCUT2D eigenvalue weighted by Crippen LogP contribution is 2.35. The van der Waals surface area contributed by atoms with Crippen molar-refractivity contribution in [1.29, 1.82) is 0 Å². The molecule has 3 aromatic carbocycles. The molecule has 0 atom stereocenters. The number of nitrogens with two attached hydrogens (primary N) is 1. The predicted molar refractivity (Wildman–Crippen MR) is 149 cm³/mol. The molecular formula is C26H22ClFN4O10. The normalized spacial score (nSPS) is 9.71. The molecule has 1 heterocycles. The monoisotopic (exact) mass is 604 g/mol. The molecule has 0 spiro atoms. The fraction of sp³-hybridized carbons (Fsp3) is 0.0769. The van der Waals surface area contributed by atoms with Crippen LogP contribution in [0.4, 0.5) is 27.1 Å². The first-order chi connectivity index (χ1) is 19.9. The molecule has 14 nitrogen and oxygen atoms in total. The number of methoxy groups -OCH3 is 2. The maximum Gasteiger partial charge on any atom is 0.371 e. The van der Waals surface area contributed by atoms with Crippen molar-refractivity contribution in [3.63, 3.8) is 0 Å². The van der Waals surface area contributed by atoms with Crippen LogP contribution in [0.5, 0.6) is 11.5 Å². The van der Waals surface area contributed by atoms with Gasteiger partial charge >= 0.3 is 11.7 Å². The number of nitro benzene ring substituents is 2. The number of carboxylic acid groups (broad SMARTS) is 1. The van der Waals surface area contributed by atoms with Crippen LogP contribution in [0, 0.1) is 26.0 Å². The zero-order chi connectivity index (χ0) is 31.4. The number of anilines is 2. The molecule has 4 N–H and O–H groups in total. The third-order valence-electron chi connectivity index (χ3n) is 4.99. The van der Waals surface area contributed by atoms with Gasteiger partial charge in [0.25, 0.3) is 11.6 Å². The SMILES string of the molecule is COc1cc([N+](=O)[O-])c(OC)cc1N.O=C(Nc1ccc([N+](=O)[O-])cc1Cl)c1ccccc1F.O=C(O)c1ccco1. The van der Waals surface area contributed by atoms with Crippen molar-refractivity contribution < 1.29 is 42.8 Å². The minimum atomic E-state index is -1.03. The molecule has 0 saturated carbocycles. The van der Waals surface area contributed by atoms with E-state index in [0.717, 1.165) is 12.1 Å². The number of nitrogens with one attached hydrogen (secondary N) is 1. The zero-order valence-corrected chi connectivity index (χ0v) is 22.5. The Morgan fingerprint density at radius 2 is 1.64 bits per heavy atom. The average Bonchev–Trinajstić information content (AvgIpc) is 3.50. The summed E-state index contributed by atoms with van der Waals surface area (Å²) in [6.07, 6.45) is 1.32. The van der Waals surface area contributed by atoms with E-state index in [9.17, 15) is 34.2 Å². The smallest absolute Gasteiger partial charge is 0.371 e. The Kier molecular flexibility index (Phi) is 11.8. The third kappa shape index (κ3) is 8.92. The highest BCUT2D eigenvalue weighted by atomic mass is 35.5. The number of carboxylic acids is 1. The van der Waals surface area contributed by atoms with Crippen molar-refractivity contribution in [2.45, 2.75) is 0 Å². The zero-order valence-electron chi connectivity index (χ0n) is 21.8. The van der Waals surface area contributed by atoms with Crippen molar-refractivity contribution in [2.24, 2.45) is 0 Å². The first-order valence-electron chi connectivity index (χ1n) is 11.3. The predicted octanol–water partition coefficient (Wildman–Crippen LogP) is 5.81. The second-order valence-electron chi connectivity index (χ2n) is 7.66. The number of nitrogen functional groups attached to an aromatic ring is 1. The molecule has 0 bridgehead atoms. The Morgan fingerprint density at radius 1 is 0.976 bits per heavy atom. The molecule has 0 saturated heterocycles. The van der Waals surface area contributed by atoms with Crippen molar-refractivity contribution in [3.8, 4) is 11.5 Å². The Labute approximate surface area is 241 Å². The molecule has 1 aromatic heterocycles. The molecule has 4 aromatic rings. The van der Waals surface area contributed by atoms with Gasteiger partial charge in [0, 0.05) is 18.2 Å². The molecule has 1 amide bonds. The summed E-state index contributed by atoms with van der Waals surface area (Å²) in [5, 5.41) is 31.7. The van der Waals surface area contributed by atoms with E-state index in [1.165, 1.54) is 75.1 Å². The summed E-state index contributed by atoms with van der Waals surface area (Å²) in [5.74, 6) is -2.02. The minimum Gasteiger partial charge on any atom is -0.494 e. The molecule has 0 aliphatic rings. The lowest BCUT2D eigenvalue weighted by Crippen LogP contribution is -2.13. The second kappa shape index (κ2) is 15.2. The highest BCUT2D eigenvalue weighted by Gasteiger charge is 2.18. The van der Waals surface area contributed by atoms with Crippen molar-refractivity contribution in [1.82, 2.24) is 0 Å². The first-order valence-corrected chi connectivity index (χ1v) is 11.7. The molecule has 0 radical (unpaired) electrons. The van der Waals surface area contributed by atoms with Gasteiger partial charge in [-0.05, 0) is 30.3 Å². The molecule has 0 unspecified atom stereocenters. The topological polar surface area (TPSA) is 210 Å². The van der Waals surface area contributed by atoms with Gasteiger partial charge in [-0.2, -0.15) is 0 Å². The number of carbonyl (C=O) groups is 2. The Hall–Kier alpha value is -5.70. The number of ether oxygens (including phenoxy) is 2. The Morgan fingerprint density at radius 3 is 2.12 bits per heavy atom. The van der Waals surface area contributed by atoms with Gasteiger partial charge in [0.05, 0.1) is 58.4 Å². The Bertz CT molecular complexity index is 1580. The maximum atomic E-state index is 13.4. The standard InChI is InChI=1S/C13H8ClFN2O3.C8H10N2O4.C5H4O3/c14-10-7-8(17(19)20)5-6-12(10)16-13(18)9-3-1-2-4-11(9)15;1-13-7-4-6(10(11)12)8(14-2)3-5(7)9;6-5(7)4-2-1-3-8-4/h1-7H,(H,16,18);3-4H,9H2,1-2H3;1-3H,(H,6,7). The van der Waals surface area contributed by atoms with E-state index in [1.54, 1.807) is 0 Å². The van der Waals surface area contributed by atoms with E-state index in [-0.39, 0.29) is 44.9 Å². The number of benzene rings is 3. The molecule has 0 fully saturated rings. The summed E-state index contributed by atoms with van der Waals surface area (Å²) in [5.41, 5.74) is 5.52. The number of hydrogen-bond acceptors (Lipinski definition) is 10. The minimum absolute atomic E-state index is 0.00360. The van der Waals surface area contributed by atoms with Crippen LogP contribution in [0.1, 0.15) is 20.9 Å². The lowest BCUT2D eigenvalue weighted by atomic mass is 10.2. The number of nitro groups is 2. The van der Waals surface area contributed by atoms with Crippen LogP contribution in [0.15, 0.2) is 77.4 Å². The highest BCUT2D eigenvalue weighted by molar-refractivity contribution is 6.34. The van der Waals surface area contributed by atoms with Gasteiger partial charge in [0.15, 0.2) is 5.75 Å². The summed E-state index contributed by atoms with van der Waals surface area (Å²) in [4.78, 5) is 41.8. The number of halogens is 2. The van der Waals surface area contributed by atoms with Crippen molar-refractivity contribution >= 4 is 46.2 Å². The molecule has 4 rings (SSSR count). The summed E-state index contributed by atoms with van der Waals surface area (Å²) in [7, 11) is 2.73. The van der Waals surface area contributed by atoms with Crippen LogP contribution >= 0.6 is 11.6 Å². The van der Waals surface area contributed by atoms with Gasteiger partial charge in [-0.25, -0.2) is 9.18 Å². The summed E-state index contributed by atoms with van der Waals surface area (Å²) >= 11 is 5.83. The number of non-ortho nitro benzene ring substituents is 1. The molecule has 42 heavy (non-hydrogen) atoms. The number of carbonyl (C=O) groups excluding carboxylic acids is 1. The second-order valence-corrected chi connectivity index (χ2v) is 8.07. The van der Waals surface area contributed by atoms with Gasteiger partial charge in [0.1, 0.15) is 11.6 Å². The molecule has 16 heteroatoms. The number of amides is 1. The van der Waals surface area contributed by atoms with Crippen LogP contribution in [0.3, 0.4) is 0 Å². The van der Waals surface area contributed by atoms with Gasteiger partial charge < -0.3 is 30.0 Å². The van der Waals surface area contributed by atoms with Crippen molar-refractivity contribution in [3.05, 3.63) is 115 Å². The van der Waals surface area contributed by atoms with E-state index in [4.69, 9.17) is 31.9 Å². The van der Waals surface area contributed by atoms with Crippen LogP contribution in [-0.2, 0) is 0 Å². The summed E-state index contributed by atoms with van der Waals surface area (Å²) < 4.78 is 27.6. The molecule has 220 valence electrons. The first kappa shape index (κ1) is 32.5. The van der Waals surface area contributed by atoms with Gasteiger partial charge in [0.2, 0.25) is 5.76 Å². The number of aromatic carboxylic acids is 1. The fourth-order valence-corrected chi connectivity index (χ4v) is 3.22.